The fourth-order valence-electron chi connectivity index (χ4n) is 2.75. The molecule has 0 aromatic rings. The third kappa shape index (κ3) is 3.61. The van der Waals surface area contributed by atoms with Crippen molar-refractivity contribution >= 4 is 0 Å². The zero-order valence-electron chi connectivity index (χ0n) is 10.3. The fraction of sp³-hybridized carbons (Fsp3) is 1.00. The molecule has 1 saturated carbocycles. The minimum Gasteiger partial charge on any atom is -0.311 e. The van der Waals surface area contributed by atoms with E-state index in [-0.39, 0.29) is 0 Å². The van der Waals surface area contributed by atoms with E-state index >= 15 is 0 Å². The Labute approximate surface area is 89.7 Å². The van der Waals surface area contributed by atoms with Crippen molar-refractivity contribution in [1.29, 1.82) is 0 Å². The summed E-state index contributed by atoms with van der Waals surface area (Å²) in [4.78, 5) is 0. The molecule has 0 saturated heterocycles. The summed E-state index contributed by atoms with van der Waals surface area (Å²) >= 11 is 0. The number of nitrogens with one attached hydrogen (secondary N) is 1. The molecule has 84 valence electrons. The monoisotopic (exact) mass is 197 g/mol. The maximum atomic E-state index is 3.75. The van der Waals surface area contributed by atoms with Gasteiger partial charge >= 0.3 is 0 Å². The van der Waals surface area contributed by atoms with Crippen molar-refractivity contribution in [3.05, 3.63) is 0 Å². The van der Waals surface area contributed by atoms with E-state index in [1.165, 1.54) is 32.1 Å². The molecular formula is C13H27N. The van der Waals surface area contributed by atoms with Crippen molar-refractivity contribution in [2.24, 2.45) is 11.8 Å². The van der Waals surface area contributed by atoms with Gasteiger partial charge in [-0.1, -0.05) is 47.0 Å². The zero-order valence-corrected chi connectivity index (χ0v) is 10.3. The molecule has 1 atom stereocenters. The molecule has 0 unspecified atom stereocenters. The normalized spacial score (nSPS) is 21.9. The van der Waals surface area contributed by atoms with Gasteiger partial charge in [0.15, 0.2) is 0 Å². The summed E-state index contributed by atoms with van der Waals surface area (Å²) in [7, 11) is 0. The van der Waals surface area contributed by atoms with Crippen LogP contribution in [0.25, 0.3) is 0 Å². The topological polar surface area (TPSA) is 12.0 Å². The Kier molecular flexibility index (Phi) is 4.94. The highest BCUT2D eigenvalue weighted by Gasteiger charge is 2.25. The second-order valence-corrected chi connectivity index (χ2v) is 5.49. The fourth-order valence-corrected chi connectivity index (χ4v) is 2.75. The first-order valence-corrected chi connectivity index (χ1v) is 6.37. The highest BCUT2D eigenvalue weighted by atomic mass is 14.9. The standard InChI is InChI=1S/C13H27N/c1-10(2)13(14-11(3)4)12-8-6-5-7-9-12/h10-14H,5-9H2,1-4H3/t13-/m0/s1. The lowest BCUT2D eigenvalue weighted by Crippen LogP contribution is -2.44. The van der Waals surface area contributed by atoms with Crippen LogP contribution in [0.5, 0.6) is 0 Å². The third-order valence-electron chi connectivity index (χ3n) is 3.40. The second kappa shape index (κ2) is 5.75. The third-order valence-corrected chi connectivity index (χ3v) is 3.40. The van der Waals surface area contributed by atoms with Gasteiger partial charge in [0, 0.05) is 12.1 Å². The zero-order chi connectivity index (χ0) is 10.6. The number of hydrogen-bond acceptors (Lipinski definition) is 1. The number of rotatable bonds is 4. The van der Waals surface area contributed by atoms with Gasteiger partial charge in [-0.2, -0.15) is 0 Å². The summed E-state index contributed by atoms with van der Waals surface area (Å²) in [5.74, 6) is 1.71. The van der Waals surface area contributed by atoms with E-state index in [0.29, 0.717) is 6.04 Å². The van der Waals surface area contributed by atoms with Gasteiger partial charge in [-0.15, -0.1) is 0 Å². The Morgan fingerprint density at radius 1 is 0.929 bits per heavy atom. The van der Waals surface area contributed by atoms with Gasteiger partial charge in [0.1, 0.15) is 0 Å². The molecular weight excluding hydrogens is 170 g/mol. The molecule has 0 heterocycles. The minimum atomic E-state index is 0.629. The van der Waals surface area contributed by atoms with E-state index in [1.54, 1.807) is 0 Å². The van der Waals surface area contributed by atoms with Crippen LogP contribution in [0.1, 0.15) is 59.8 Å². The summed E-state index contributed by atoms with van der Waals surface area (Å²) in [6.45, 7) is 9.24. The molecule has 0 aromatic carbocycles. The SMILES string of the molecule is CC(C)N[C@@H](C(C)C)C1CCCCC1. The first-order chi connectivity index (χ1) is 6.61. The van der Waals surface area contributed by atoms with Gasteiger partial charge < -0.3 is 5.32 Å². The second-order valence-electron chi connectivity index (χ2n) is 5.49. The first kappa shape index (κ1) is 12.0. The van der Waals surface area contributed by atoms with Crippen LogP contribution in [-0.4, -0.2) is 12.1 Å². The van der Waals surface area contributed by atoms with Gasteiger partial charge in [0.05, 0.1) is 0 Å². The summed E-state index contributed by atoms with van der Waals surface area (Å²) < 4.78 is 0. The molecule has 0 aliphatic heterocycles. The molecule has 1 rings (SSSR count). The molecule has 0 spiro atoms. The Morgan fingerprint density at radius 2 is 1.50 bits per heavy atom. The largest absolute Gasteiger partial charge is 0.311 e. The van der Waals surface area contributed by atoms with E-state index in [0.717, 1.165) is 17.9 Å². The molecule has 1 fully saturated rings. The van der Waals surface area contributed by atoms with Gasteiger partial charge in [0.25, 0.3) is 0 Å². The van der Waals surface area contributed by atoms with Gasteiger partial charge in [-0.25, -0.2) is 0 Å². The van der Waals surface area contributed by atoms with Crippen LogP contribution in [0.3, 0.4) is 0 Å². The molecule has 0 bridgehead atoms. The van der Waals surface area contributed by atoms with Gasteiger partial charge in [0.2, 0.25) is 0 Å². The highest BCUT2D eigenvalue weighted by molar-refractivity contribution is 4.82. The molecule has 0 amide bonds. The Bertz CT molecular complexity index is 145. The van der Waals surface area contributed by atoms with Crippen LogP contribution in [0.2, 0.25) is 0 Å². The average Bonchev–Trinajstić information content (AvgIpc) is 2.15. The van der Waals surface area contributed by atoms with Crippen molar-refractivity contribution in [3.8, 4) is 0 Å². The van der Waals surface area contributed by atoms with Crippen molar-refractivity contribution in [1.82, 2.24) is 5.32 Å². The average molecular weight is 197 g/mol. The van der Waals surface area contributed by atoms with E-state index in [9.17, 15) is 0 Å². The highest BCUT2D eigenvalue weighted by Crippen LogP contribution is 2.29. The Morgan fingerprint density at radius 3 is 1.93 bits per heavy atom. The summed E-state index contributed by atoms with van der Waals surface area (Å²) in [5, 5.41) is 3.75. The number of hydrogen-bond donors (Lipinski definition) is 1. The lowest BCUT2D eigenvalue weighted by molar-refractivity contribution is 0.213. The van der Waals surface area contributed by atoms with Crippen LogP contribution in [0, 0.1) is 11.8 Å². The van der Waals surface area contributed by atoms with Gasteiger partial charge in [-0.3, -0.25) is 0 Å². The predicted octanol–water partition coefficient (Wildman–Crippen LogP) is 3.59. The van der Waals surface area contributed by atoms with Crippen molar-refractivity contribution in [2.45, 2.75) is 71.9 Å². The van der Waals surface area contributed by atoms with Gasteiger partial charge in [-0.05, 0) is 24.7 Å². The summed E-state index contributed by atoms with van der Waals surface area (Å²) in [6, 6.07) is 1.37. The van der Waals surface area contributed by atoms with Crippen LogP contribution in [0.15, 0.2) is 0 Å². The maximum absolute atomic E-state index is 3.75. The predicted molar refractivity (Wildman–Crippen MR) is 63.5 cm³/mol. The first-order valence-electron chi connectivity index (χ1n) is 6.37. The lowest BCUT2D eigenvalue weighted by Gasteiger charge is -2.35. The Hall–Kier alpha value is -0.0400. The van der Waals surface area contributed by atoms with E-state index in [2.05, 4.69) is 33.0 Å². The maximum Gasteiger partial charge on any atom is 0.0121 e. The molecule has 1 heteroatoms. The molecule has 1 N–H and O–H groups in total. The summed E-state index contributed by atoms with van der Waals surface area (Å²) in [5.41, 5.74) is 0. The quantitative estimate of drug-likeness (QED) is 0.726. The molecule has 0 radical (unpaired) electrons. The van der Waals surface area contributed by atoms with Crippen LogP contribution in [0.4, 0.5) is 0 Å². The van der Waals surface area contributed by atoms with Crippen LogP contribution < -0.4 is 5.32 Å². The molecule has 14 heavy (non-hydrogen) atoms. The van der Waals surface area contributed by atoms with Crippen molar-refractivity contribution in [2.75, 3.05) is 0 Å². The molecule has 1 nitrogen and oxygen atoms in total. The molecule has 0 aromatic heterocycles. The summed E-state index contributed by atoms with van der Waals surface area (Å²) in [6.07, 6.45) is 7.26. The smallest absolute Gasteiger partial charge is 0.0121 e. The lowest BCUT2D eigenvalue weighted by atomic mass is 9.79. The molecule has 1 aliphatic carbocycles. The van der Waals surface area contributed by atoms with E-state index in [4.69, 9.17) is 0 Å². The molecule has 1 aliphatic rings. The van der Waals surface area contributed by atoms with Crippen LogP contribution in [-0.2, 0) is 0 Å². The van der Waals surface area contributed by atoms with Crippen molar-refractivity contribution in [3.63, 3.8) is 0 Å². The Balaban J connectivity index is 2.47. The van der Waals surface area contributed by atoms with E-state index < -0.39 is 0 Å². The van der Waals surface area contributed by atoms with Crippen molar-refractivity contribution < 1.29 is 0 Å². The minimum absolute atomic E-state index is 0.629. The van der Waals surface area contributed by atoms with Crippen LogP contribution >= 0.6 is 0 Å². The van der Waals surface area contributed by atoms with E-state index in [1.807, 2.05) is 0 Å².